The minimum atomic E-state index is -4.65. The topological polar surface area (TPSA) is 12.0 Å². The van der Waals surface area contributed by atoms with Crippen LogP contribution in [-0.4, -0.2) is 6.04 Å². The van der Waals surface area contributed by atoms with Gasteiger partial charge in [0.15, 0.2) is 0 Å². The molecule has 0 amide bonds. The second-order valence-corrected chi connectivity index (χ2v) is 6.65. The molecule has 1 unspecified atom stereocenters. The highest BCUT2D eigenvalue weighted by molar-refractivity contribution is 5.27. The molecule has 0 aromatic heterocycles. The fraction of sp³-hybridized carbons (Fsp3) is 0.625. The van der Waals surface area contributed by atoms with Crippen molar-refractivity contribution < 1.29 is 17.6 Å². The highest BCUT2D eigenvalue weighted by Crippen LogP contribution is 2.35. The Balaban J connectivity index is 2.01. The number of halogens is 4. The van der Waals surface area contributed by atoms with Crippen LogP contribution in [0.25, 0.3) is 0 Å². The van der Waals surface area contributed by atoms with Gasteiger partial charge in [-0.3, -0.25) is 0 Å². The Morgan fingerprint density at radius 1 is 1.29 bits per heavy atom. The van der Waals surface area contributed by atoms with Gasteiger partial charge in [-0.25, -0.2) is 4.39 Å². The molecule has 1 aromatic carbocycles. The van der Waals surface area contributed by atoms with Crippen molar-refractivity contribution in [1.29, 1.82) is 0 Å². The maximum absolute atomic E-state index is 13.2. The Labute approximate surface area is 122 Å². The standard InChI is InChI=1S/C16H21F4N/c1-15(2)7-3-4-12(9-15)21-10-11-5-6-14(17)13(8-11)16(18,19)20/h5-6,8,12,21H,3-4,7,9-10H2,1-2H3. The number of hydrogen-bond donors (Lipinski definition) is 1. The predicted octanol–water partition coefficient (Wildman–Crippen LogP) is 4.90. The van der Waals surface area contributed by atoms with E-state index in [1.54, 1.807) is 0 Å². The zero-order valence-corrected chi connectivity index (χ0v) is 12.4. The fourth-order valence-electron chi connectivity index (χ4n) is 3.03. The largest absolute Gasteiger partial charge is 0.419 e. The lowest BCUT2D eigenvalue weighted by Gasteiger charge is -2.35. The maximum atomic E-state index is 13.2. The van der Waals surface area contributed by atoms with Gasteiger partial charge in [-0.2, -0.15) is 13.2 Å². The third-order valence-corrected chi connectivity index (χ3v) is 4.14. The van der Waals surface area contributed by atoms with Gasteiger partial charge in [0.1, 0.15) is 5.82 Å². The Hall–Kier alpha value is -1.10. The molecule has 0 heterocycles. The molecule has 0 aliphatic heterocycles. The van der Waals surface area contributed by atoms with Crippen molar-refractivity contribution >= 4 is 0 Å². The van der Waals surface area contributed by atoms with Gasteiger partial charge in [0, 0.05) is 12.6 Å². The lowest BCUT2D eigenvalue weighted by atomic mass is 9.75. The average molecular weight is 303 g/mol. The average Bonchev–Trinajstić information content (AvgIpc) is 2.35. The number of benzene rings is 1. The molecule has 1 aliphatic carbocycles. The first kappa shape index (κ1) is 16.3. The molecular formula is C16H21F4N. The third kappa shape index (κ3) is 4.43. The summed E-state index contributed by atoms with van der Waals surface area (Å²) in [4.78, 5) is 0. The van der Waals surface area contributed by atoms with Crippen LogP contribution in [0.1, 0.15) is 50.7 Å². The van der Waals surface area contributed by atoms with Gasteiger partial charge in [-0.05, 0) is 42.4 Å². The van der Waals surface area contributed by atoms with Crippen molar-refractivity contribution in [2.24, 2.45) is 5.41 Å². The summed E-state index contributed by atoms with van der Waals surface area (Å²) in [5.74, 6) is -1.22. The molecule has 2 rings (SSSR count). The zero-order valence-electron chi connectivity index (χ0n) is 12.4. The smallest absolute Gasteiger partial charge is 0.310 e. The monoisotopic (exact) mass is 303 g/mol. The van der Waals surface area contributed by atoms with Crippen molar-refractivity contribution in [1.82, 2.24) is 5.32 Å². The van der Waals surface area contributed by atoms with E-state index in [4.69, 9.17) is 0 Å². The summed E-state index contributed by atoms with van der Waals surface area (Å²) in [6, 6.07) is 3.51. The van der Waals surface area contributed by atoms with Crippen LogP contribution in [0.15, 0.2) is 18.2 Å². The first-order valence-corrected chi connectivity index (χ1v) is 7.26. The molecule has 5 heteroatoms. The van der Waals surface area contributed by atoms with Crippen LogP contribution >= 0.6 is 0 Å². The van der Waals surface area contributed by atoms with Crippen LogP contribution in [0.5, 0.6) is 0 Å². The van der Waals surface area contributed by atoms with Crippen molar-refractivity contribution in [2.75, 3.05) is 0 Å². The van der Waals surface area contributed by atoms with Gasteiger partial charge in [-0.15, -0.1) is 0 Å². The van der Waals surface area contributed by atoms with Gasteiger partial charge in [0.2, 0.25) is 0 Å². The summed E-state index contributed by atoms with van der Waals surface area (Å²) < 4.78 is 51.2. The summed E-state index contributed by atoms with van der Waals surface area (Å²) in [6.07, 6.45) is -0.286. The van der Waals surface area contributed by atoms with Crippen LogP contribution in [0.4, 0.5) is 17.6 Å². The summed E-state index contributed by atoms with van der Waals surface area (Å²) in [6.45, 7) is 4.76. The van der Waals surface area contributed by atoms with E-state index in [2.05, 4.69) is 19.2 Å². The van der Waals surface area contributed by atoms with Crippen LogP contribution in [0.2, 0.25) is 0 Å². The molecule has 1 atom stereocenters. The molecule has 0 bridgehead atoms. The fourth-order valence-corrected chi connectivity index (χ4v) is 3.03. The van der Waals surface area contributed by atoms with Gasteiger partial charge in [-0.1, -0.05) is 26.3 Å². The van der Waals surface area contributed by atoms with E-state index in [-0.39, 0.29) is 5.41 Å². The van der Waals surface area contributed by atoms with Crippen LogP contribution in [-0.2, 0) is 12.7 Å². The van der Waals surface area contributed by atoms with Gasteiger partial charge < -0.3 is 5.32 Å². The van der Waals surface area contributed by atoms with Crippen LogP contribution in [0.3, 0.4) is 0 Å². The van der Waals surface area contributed by atoms with E-state index in [0.29, 0.717) is 18.2 Å². The van der Waals surface area contributed by atoms with E-state index < -0.39 is 17.6 Å². The van der Waals surface area contributed by atoms with Gasteiger partial charge in [0.05, 0.1) is 5.56 Å². The van der Waals surface area contributed by atoms with E-state index in [1.165, 1.54) is 12.5 Å². The molecular weight excluding hydrogens is 282 g/mol. The molecule has 21 heavy (non-hydrogen) atoms. The molecule has 1 fully saturated rings. The maximum Gasteiger partial charge on any atom is 0.419 e. The summed E-state index contributed by atoms with van der Waals surface area (Å²) in [5.41, 5.74) is -0.451. The molecule has 1 saturated carbocycles. The SMILES string of the molecule is CC1(C)CCCC(NCc2ccc(F)c(C(F)(F)F)c2)C1. The number of rotatable bonds is 3. The van der Waals surface area contributed by atoms with E-state index in [1.807, 2.05) is 0 Å². The minimum Gasteiger partial charge on any atom is -0.310 e. The molecule has 0 saturated heterocycles. The molecule has 1 nitrogen and oxygen atoms in total. The second kappa shape index (κ2) is 5.95. The summed E-state index contributed by atoms with van der Waals surface area (Å²) in [7, 11) is 0. The quantitative estimate of drug-likeness (QED) is 0.783. The second-order valence-electron chi connectivity index (χ2n) is 6.65. The van der Waals surface area contributed by atoms with E-state index in [9.17, 15) is 17.6 Å². The third-order valence-electron chi connectivity index (χ3n) is 4.14. The Morgan fingerprint density at radius 2 is 2.00 bits per heavy atom. The van der Waals surface area contributed by atoms with Crippen molar-refractivity contribution in [3.05, 3.63) is 35.1 Å². The number of hydrogen-bond acceptors (Lipinski definition) is 1. The molecule has 0 radical (unpaired) electrons. The highest BCUT2D eigenvalue weighted by Gasteiger charge is 2.34. The van der Waals surface area contributed by atoms with E-state index >= 15 is 0 Å². The number of alkyl halides is 3. The lowest BCUT2D eigenvalue weighted by Crippen LogP contribution is -2.36. The Bertz CT molecular complexity index is 494. The zero-order chi connectivity index (χ0) is 15.7. The highest BCUT2D eigenvalue weighted by atomic mass is 19.4. The van der Waals surface area contributed by atoms with Crippen molar-refractivity contribution in [3.8, 4) is 0 Å². The van der Waals surface area contributed by atoms with E-state index in [0.717, 1.165) is 31.4 Å². The molecule has 0 spiro atoms. The van der Waals surface area contributed by atoms with Gasteiger partial charge in [0.25, 0.3) is 0 Å². The van der Waals surface area contributed by atoms with Crippen LogP contribution in [0, 0.1) is 11.2 Å². The van der Waals surface area contributed by atoms with Gasteiger partial charge >= 0.3 is 6.18 Å². The Morgan fingerprint density at radius 3 is 2.62 bits per heavy atom. The Kier molecular flexibility index (Phi) is 4.61. The predicted molar refractivity (Wildman–Crippen MR) is 74.3 cm³/mol. The lowest BCUT2D eigenvalue weighted by molar-refractivity contribution is -0.140. The van der Waals surface area contributed by atoms with Crippen molar-refractivity contribution in [3.63, 3.8) is 0 Å². The molecule has 1 N–H and O–H groups in total. The number of nitrogens with one attached hydrogen (secondary N) is 1. The summed E-state index contributed by atoms with van der Waals surface area (Å²) in [5, 5.41) is 3.30. The molecule has 1 aliphatic rings. The first-order chi connectivity index (χ1) is 9.67. The van der Waals surface area contributed by atoms with Crippen LogP contribution < -0.4 is 5.32 Å². The summed E-state index contributed by atoms with van der Waals surface area (Å²) >= 11 is 0. The first-order valence-electron chi connectivity index (χ1n) is 7.26. The minimum absolute atomic E-state index is 0.274. The molecule has 118 valence electrons. The van der Waals surface area contributed by atoms with Crippen molar-refractivity contribution in [2.45, 2.75) is 58.3 Å². The normalized spacial score (nSPS) is 22.3. The molecule has 1 aromatic rings.